The van der Waals surface area contributed by atoms with E-state index in [1.54, 1.807) is 11.3 Å². The molecule has 3 nitrogen and oxygen atoms in total. The Bertz CT molecular complexity index is 578. The minimum absolute atomic E-state index is 0.256. The van der Waals surface area contributed by atoms with Gasteiger partial charge in [-0.2, -0.15) is 0 Å². The number of rotatable bonds is 5. The molecule has 1 heterocycles. The number of methoxy groups -OCH3 is 1. The minimum atomic E-state index is -0.428. The Morgan fingerprint density at radius 1 is 1.35 bits per heavy atom. The minimum Gasteiger partial charge on any atom is -0.468 e. The van der Waals surface area contributed by atoms with E-state index in [0.717, 1.165) is 11.1 Å². The molecule has 0 saturated heterocycles. The van der Waals surface area contributed by atoms with Crippen molar-refractivity contribution >= 4 is 17.3 Å². The fraction of sp³-hybridized carbons (Fsp3) is 0.312. The van der Waals surface area contributed by atoms with Crippen molar-refractivity contribution in [3.05, 3.63) is 57.3 Å². The molecule has 0 fully saturated rings. The summed E-state index contributed by atoms with van der Waals surface area (Å²) >= 11 is 1.67. The number of carbonyl (C=O) groups excluding carboxylic acids is 1. The lowest BCUT2D eigenvalue weighted by atomic mass is 9.99. The molecule has 1 aromatic carbocycles. The van der Waals surface area contributed by atoms with Crippen molar-refractivity contribution in [3.63, 3.8) is 0 Å². The highest BCUT2D eigenvalue weighted by molar-refractivity contribution is 7.09. The van der Waals surface area contributed by atoms with E-state index in [-0.39, 0.29) is 5.97 Å². The molecule has 0 spiro atoms. The zero-order chi connectivity index (χ0) is 14.5. The number of ether oxygens (including phenoxy) is 1. The van der Waals surface area contributed by atoms with Crippen LogP contribution in [0.4, 0.5) is 0 Å². The van der Waals surface area contributed by atoms with Gasteiger partial charge in [0, 0.05) is 11.4 Å². The van der Waals surface area contributed by atoms with Gasteiger partial charge in [-0.05, 0) is 36.4 Å². The van der Waals surface area contributed by atoms with Gasteiger partial charge in [0.25, 0.3) is 0 Å². The van der Waals surface area contributed by atoms with Gasteiger partial charge >= 0.3 is 5.97 Å². The van der Waals surface area contributed by atoms with Crippen molar-refractivity contribution in [2.24, 2.45) is 0 Å². The van der Waals surface area contributed by atoms with Crippen LogP contribution in [-0.4, -0.2) is 13.1 Å². The summed E-state index contributed by atoms with van der Waals surface area (Å²) in [7, 11) is 1.42. The van der Waals surface area contributed by atoms with Gasteiger partial charge in [-0.1, -0.05) is 29.8 Å². The van der Waals surface area contributed by atoms with Crippen LogP contribution in [0.3, 0.4) is 0 Å². The Kier molecular flexibility index (Phi) is 4.93. The van der Waals surface area contributed by atoms with Crippen LogP contribution < -0.4 is 5.32 Å². The molecular formula is C16H19NO2S. The zero-order valence-corrected chi connectivity index (χ0v) is 12.8. The van der Waals surface area contributed by atoms with E-state index in [1.165, 1.54) is 17.6 Å². The average Bonchev–Trinajstić information content (AvgIpc) is 2.93. The number of thiophene rings is 1. The van der Waals surface area contributed by atoms with Crippen LogP contribution in [-0.2, 0) is 16.1 Å². The molecule has 1 atom stereocenters. The highest BCUT2D eigenvalue weighted by atomic mass is 32.1. The number of esters is 1. The second-order valence-corrected chi connectivity index (χ2v) is 5.81. The van der Waals surface area contributed by atoms with Gasteiger partial charge in [0.15, 0.2) is 0 Å². The summed E-state index contributed by atoms with van der Waals surface area (Å²) in [6.07, 6.45) is 0. The first-order valence-corrected chi connectivity index (χ1v) is 7.40. The standard InChI is InChI=1S/C16H19NO2S/c1-11-6-7-14(12(2)9-11)15(16(18)19-3)17-10-13-5-4-8-20-13/h4-9,15,17H,10H2,1-3H3. The lowest BCUT2D eigenvalue weighted by molar-refractivity contribution is -0.143. The van der Waals surface area contributed by atoms with E-state index < -0.39 is 6.04 Å². The highest BCUT2D eigenvalue weighted by Gasteiger charge is 2.22. The molecule has 0 amide bonds. The largest absolute Gasteiger partial charge is 0.468 e. The van der Waals surface area contributed by atoms with Crippen molar-refractivity contribution in [2.45, 2.75) is 26.4 Å². The first-order chi connectivity index (χ1) is 9.61. The van der Waals surface area contributed by atoms with Crippen molar-refractivity contribution in [1.82, 2.24) is 5.32 Å². The topological polar surface area (TPSA) is 38.3 Å². The third kappa shape index (κ3) is 3.46. The smallest absolute Gasteiger partial charge is 0.327 e. The second-order valence-electron chi connectivity index (χ2n) is 4.78. The molecule has 1 N–H and O–H groups in total. The third-order valence-electron chi connectivity index (χ3n) is 3.23. The normalized spacial score (nSPS) is 12.2. The maximum atomic E-state index is 12.0. The van der Waals surface area contributed by atoms with Crippen molar-refractivity contribution in [2.75, 3.05) is 7.11 Å². The van der Waals surface area contributed by atoms with Crippen LogP contribution in [0, 0.1) is 13.8 Å². The van der Waals surface area contributed by atoms with E-state index >= 15 is 0 Å². The Labute approximate surface area is 123 Å². The molecule has 1 aromatic heterocycles. The van der Waals surface area contributed by atoms with Crippen molar-refractivity contribution < 1.29 is 9.53 Å². The monoisotopic (exact) mass is 289 g/mol. The summed E-state index contributed by atoms with van der Waals surface area (Å²) in [4.78, 5) is 13.2. The van der Waals surface area contributed by atoms with Gasteiger partial charge in [-0.15, -0.1) is 11.3 Å². The second kappa shape index (κ2) is 6.68. The lowest BCUT2D eigenvalue weighted by Crippen LogP contribution is -2.29. The molecule has 2 aromatic rings. The van der Waals surface area contributed by atoms with Crippen LogP contribution in [0.5, 0.6) is 0 Å². The molecular weight excluding hydrogens is 270 g/mol. The van der Waals surface area contributed by atoms with Crippen LogP contribution >= 0.6 is 11.3 Å². The summed E-state index contributed by atoms with van der Waals surface area (Å²) in [6, 6.07) is 9.72. The summed E-state index contributed by atoms with van der Waals surface area (Å²) in [6.45, 7) is 4.72. The number of benzene rings is 1. The van der Waals surface area contributed by atoms with Crippen LogP contribution in [0.15, 0.2) is 35.7 Å². The Morgan fingerprint density at radius 2 is 2.15 bits per heavy atom. The SMILES string of the molecule is COC(=O)C(NCc1cccs1)c1ccc(C)cc1C. The first kappa shape index (κ1) is 14.8. The maximum Gasteiger partial charge on any atom is 0.327 e. The molecule has 0 bridgehead atoms. The molecule has 0 saturated carbocycles. The molecule has 0 aliphatic heterocycles. The summed E-state index contributed by atoms with van der Waals surface area (Å²) in [5.74, 6) is -0.256. The number of aryl methyl sites for hydroxylation is 2. The predicted octanol–water partition coefficient (Wildman–Crippen LogP) is 3.37. The van der Waals surface area contributed by atoms with E-state index in [1.807, 2.05) is 43.5 Å². The number of carbonyl (C=O) groups is 1. The van der Waals surface area contributed by atoms with Crippen molar-refractivity contribution in [1.29, 1.82) is 0 Å². The van der Waals surface area contributed by atoms with E-state index in [2.05, 4.69) is 11.4 Å². The van der Waals surface area contributed by atoms with Crippen LogP contribution in [0.2, 0.25) is 0 Å². The van der Waals surface area contributed by atoms with Gasteiger partial charge in [-0.25, -0.2) is 4.79 Å². The van der Waals surface area contributed by atoms with E-state index in [9.17, 15) is 4.79 Å². The van der Waals surface area contributed by atoms with Gasteiger partial charge in [0.1, 0.15) is 6.04 Å². The quantitative estimate of drug-likeness (QED) is 0.858. The summed E-state index contributed by atoms with van der Waals surface area (Å²) in [5.41, 5.74) is 3.26. The van der Waals surface area contributed by atoms with Crippen molar-refractivity contribution in [3.8, 4) is 0 Å². The fourth-order valence-corrected chi connectivity index (χ4v) is 2.86. The van der Waals surface area contributed by atoms with Crippen LogP contribution in [0.1, 0.15) is 27.6 Å². The molecule has 0 aliphatic rings. The molecule has 0 radical (unpaired) electrons. The molecule has 1 unspecified atom stereocenters. The Balaban J connectivity index is 2.20. The Morgan fingerprint density at radius 3 is 2.75 bits per heavy atom. The highest BCUT2D eigenvalue weighted by Crippen LogP contribution is 2.21. The van der Waals surface area contributed by atoms with E-state index in [0.29, 0.717) is 6.54 Å². The maximum absolute atomic E-state index is 12.0. The van der Waals surface area contributed by atoms with Gasteiger partial charge < -0.3 is 4.74 Å². The Hall–Kier alpha value is -1.65. The lowest BCUT2D eigenvalue weighted by Gasteiger charge is -2.19. The number of hydrogen-bond donors (Lipinski definition) is 1. The van der Waals surface area contributed by atoms with Crippen LogP contribution in [0.25, 0.3) is 0 Å². The summed E-state index contributed by atoms with van der Waals surface area (Å²) in [5, 5.41) is 5.31. The van der Waals surface area contributed by atoms with Gasteiger partial charge in [0.2, 0.25) is 0 Å². The van der Waals surface area contributed by atoms with Gasteiger partial charge in [-0.3, -0.25) is 5.32 Å². The number of hydrogen-bond acceptors (Lipinski definition) is 4. The molecule has 20 heavy (non-hydrogen) atoms. The average molecular weight is 289 g/mol. The molecule has 106 valence electrons. The third-order valence-corrected chi connectivity index (χ3v) is 4.11. The molecule has 2 rings (SSSR count). The number of nitrogens with one attached hydrogen (secondary N) is 1. The fourth-order valence-electron chi connectivity index (χ4n) is 2.20. The zero-order valence-electron chi connectivity index (χ0n) is 12.0. The van der Waals surface area contributed by atoms with E-state index in [4.69, 9.17) is 4.74 Å². The first-order valence-electron chi connectivity index (χ1n) is 6.52. The summed E-state index contributed by atoms with van der Waals surface area (Å²) < 4.78 is 4.92. The predicted molar refractivity (Wildman–Crippen MR) is 81.8 cm³/mol. The molecule has 0 aliphatic carbocycles. The van der Waals surface area contributed by atoms with Gasteiger partial charge in [0.05, 0.1) is 7.11 Å². The molecule has 4 heteroatoms.